The highest BCUT2D eigenvalue weighted by atomic mass is 19.4. The lowest BCUT2D eigenvalue weighted by Gasteiger charge is -2.13. The molecule has 0 saturated heterocycles. The van der Waals surface area contributed by atoms with E-state index in [0.29, 0.717) is 34.9 Å². The number of hydrogen-bond donors (Lipinski definition) is 1. The molecular weight excluding hydrogens is 429 g/mol. The fourth-order valence-electron chi connectivity index (χ4n) is 3.77. The Balaban J connectivity index is 1.74. The first-order valence-corrected chi connectivity index (χ1v) is 11.0. The number of aromatic nitrogens is 2. The van der Waals surface area contributed by atoms with Crippen LogP contribution in [0, 0.1) is 0 Å². The van der Waals surface area contributed by atoms with Gasteiger partial charge >= 0.3 is 6.18 Å². The third-order valence-corrected chi connectivity index (χ3v) is 5.41. The topological polar surface area (TPSA) is 47.3 Å². The van der Waals surface area contributed by atoms with Crippen molar-refractivity contribution in [3.8, 4) is 22.8 Å². The zero-order chi connectivity index (χ0) is 23.3. The maximum Gasteiger partial charge on any atom is 0.416 e. The fraction of sp³-hybridized carbons (Fsp3) is 0.269. The van der Waals surface area contributed by atoms with Gasteiger partial charge in [-0.3, -0.25) is 4.57 Å². The molecule has 4 aromatic rings. The summed E-state index contributed by atoms with van der Waals surface area (Å²) in [6.07, 6.45) is -0.890. The van der Waals surface area contributed by atoms with Gasteiger partial charge in [0, 0.05) is 23.9 Å². The van der Waals surface area contributed by atoms with Crippen molar-refractivity contribution in [2.24, 2.45) is 0 Å². The van der Waals surface area contributed by atoms with Gasteiger partial charge in [-0.2, -0.15) is 13.2 Å². The molecule has 4 nitrogen and oxygen atoms in total. The molecule has 0 amide bonds. The summed E-state index contributed by atoms with van der Waals surface area (Å²) >= 11 is 0. The summed E-state index contributed by atoms with van der Waals surface area (Å²) in [4.78, 5) is 4.72. The zero-order valence-electron chi connectivity index (χ0n) is 18.1. The summed E-state index contributed by atoms with van der Waals surface area (Å²) in [6.45, 7) is 0.723. The largest absolute Gasteiger partial charge is 0.494 e. The molecule has 0 aliphatic rings. The average Bonchev–Trinajstić information content (AvgIpc) is 3.20. The molecule has 0 fully saturated rings. The third kappa shape index (κ3) is 5.37. The minimum Gasteiger partial charge on any atom is -0.494 e. The van der Waals surface area contributed by atoms with Crippen molar-refractivity contribution in [3.05, 3.63) is 78.4 Å². The molecule has 172 valence electrons. The van der Waals surface area contributed by atoms with Crippen molar-refractivity contribution in [2.45, 2.75) is 31.9 Å². The standard InChI is InChI=1S/C26H25F3N2O2/c27-26(28,29)20-11-8-12-21(17-20)31-24-18-22(33-16-7-2-1-6-15-32)13-14-23(24)30-25(31)19-9-4-3-5-10-19/h3-5,8-14,17-18,32H,1-2,6-7,15-16H2. The van der Waals surface area contributed by atoms with Crippen LogP contribution in [0.15, 0.2) is 72.8 Å². The number of aliphatic hydroxyl groups excluding tert-OH is 1. The van der Waals surface area contributed by atoms with Gasteiger partial charge in [-0.05, 0) is 49.6 Å². The highest BCUT2D eigenvalue weighted by molar-refractivity contribution is 5.84. The second-order valence-corrected chi connectivity index (χ2v) is 7.82. The van der Waals surface area contributed by atoms with E-state index in [1.807, 2.05) is 48.5 Å². The van der Waals surface area contributed by atoms with E-state index in [4.69, 9.17) is 14.8 Å². The van der Waals surface area contributed by atoms with Crippen LogP contribution in [0.25, 0.3) is 28.1 Å². The van der Waals surface area contributed by atoms with Crippen molar-refractivity contribution in [3.63, 3.8) is 0 Å². The number of benzene rings is 3. The Hall–Kier alpha value is -3.32. The van der Waals surface area contributed by atoms with Gasteiger partial charge in [0.1, 0.15) is 11.6 Å². The van der Waals surface area contributed by atoms with Gasteiger partial charge in [0.15, 0.2) is 0 Å². The average molecular weight is 454 g/mol. The van der Waals surface area contributed by atoms with E-state index in [9.17, 15) is 13.2 Å². The molecular formula is C26H25F3N2O2. The lowest BCUT2D eigenvalue weighted by Crippen LogP contribution is -2.06. The number of halogens is 3. The maximum absolute atomic E-state index is 13.4. The first-order valence-electron chi connectivity index (χ1n) is 11.0. The molecule has 0 atom stereocenters. The number of fused-ring (bicyclic) bond motifs is 1. The Bertz CT molecular complexity index is 1200. The smallest absolute Gasteiger partial charge is 0.416 e. The predicted octanol–water partition coefficient (Wildman–Crippen LogP) is 6.64. The van der Waals surface area contributed by atoms with Crippen molar-refractivity contribution >= 4 is 11.0 Å². The van der Waals surface area contributed by atoms with Gasteiger partial charge in [-0.25, -0.2) is 4.98 Å². The first-order chi connectivity index (χ1) is 16.0. The number of hydrogen-bond acceptors (Lipinski definition) is 3. The zero-order valence-corrected chi connectivity index (χ0v) is 18.1. The number of aliphatic hydroxyl groups is 1. The van der Waals surface area contributed by atoms with Crippen LogP contribution in [0.4, 0.5) is 13.2 Å². The summed E-state index contributed by atoms with van der Waals surface area (Å²) in [5, 5.41) is 8.87. The fourth-order valence-corrected chi connectivity index (χ4v) is 3.77. The summed E-state index contributed by atoms with van der Waals surface area (Å²) in [5.74, 6) is 1.20. The molecule has 3 aromatic carbocycles. The minimum atomic E-state index is -4.44. The van der Waals surface area contributed by atoms with E-state index in [2.05, 4.69) is 0 Å². The van der Waals surface area contributed by atoms with Crippen molar-refractivity contribution in [1.82, 2.24) is 9.55 Å². The molecule has 4 rings (SSSR count). The number of rotatable bonds is 9. The summed E-state index contributed by atoms with van der Waals surface area (Å²) in [7, 11) is 0. The monoisotopic (exact) mass is 454 g/mol. The van der Waals surface area contributed by atoms with E-state index in [-0.39, 0.29) is 6.61 Å². The van der Waals surface area contributed by atoms with E-state index in [1.54, 1.807) is 10.6 Å². The lowest BCUT2D eigenvalue weighted by atomic mass is 10.1. The number of ether oxygens (including phenoxy) is 1. The van der Waals surface area contributed by atoms with Crippen LogP contribution in [0.3, 0.4) is 0 Å². The van der Waals surface area contributed by atoms with Crippen LogP contribution in [0.1, 0.15) is 31.2 Å². The molecule has 0 aliphatic heterocycles. The van der Waals surface area contributed by atoms with Gasteiger partial charge in [-0.1, -0.05) is 42.8 Å². The second kappa shape index (κ2) is 10.1. The summed E-state index contributed by atoms with van der Waals surface area (Å²) < 4.78 is 47.8. The molecule has 0 aliphatic carbocycles. The van der Waals surface area contributed by atoms with Gasteiger partial charge in [-0.15, -0.1) is 0 Å². The summed E-state index contributed by atoms with van der Waals surface area (Å²) in [5.41, 5.74) is 1.81. The normalized spacial score (nSPS) is 11.8. The molecule has 33 heavy (non-hydrogen) atoms. The van der Waals surface area contributed by atoms with Crippen LogP contribution in [-0.2, 0) is 6.18 Å². The van der Waals surface area contributed by atoms with Gasteiger partial charge in [0.25, 0.3) is 0 Å². The van der Waals surface area contributed by atoms with Crippen molar-refractivity contribution in [1.29, 1.82) is 0 Å². The maximum atomic E-state index is 13.4. The Morgan fingerprint density at radius 2 is 1.64 bits per heavy atom. The number of imidazole rings is 1. The van der Waals surface area contributed by atoms with Crippen LogP contribution in [0.5, 0.6) is 5.75 Å². The minimum absolute atomic E-state index is 0.195. The number of alkyl halides is 3. The first kappa shape index (κ1) is 22.9. The predicted molar refractivity (Wildman–Crippen MR) is 123 cm³/mol. The highest BCUT2D eigenvalue weighted by Crippen LogP contribution is 2.34. The van der Waals surface area contributed by atoms with E-state index < -0.39 is 11.7 Å². The summed E-state index contributed by atoms with van der Waals surface area (Å²) in [6, 6.07) is 20.1. The van der Waals surface area contributed by atoms with E-state index in [1.165, 1.54) is 6.07 Å². The van der Waals surface area contributed by atoms with Crippen LogP contribution < -0.4 is 4.74 Å². The van der Waals surface area contributed by atoms with E-state index in [0.717, 1.165) is 43.4 Å². The van der Waals surface area contributed by atoms with Crippen molar-refractivity contribution in [2.75, 3.05) is 13.2 Å². The molecule has 7 heteroatoms. The number of unbranched alkanes of at least 4 members (excludes halogenated alkanes) is 3. The van der Waals surface area contributed by atoms with Gasteiger partial charge in [0.05, 0.1) is 23.2 Å². The van der Waals surface area contributed by atoms with Crippen molar-refractivity contribution < 1.29 is 23.0 Å². The molecule has 0 bridgehead atoms. The van der Waals surface area contributed by atoms with Crippen LogP contribution in [-0.4, -0.2) is 27.9 Å². The van der Waals surface area contributed by atoms with Crippen LogP contribution >= 0.6 is 0 Å². The molecule has 1 N–H and O–H groups in total. The number of nitrogens with zero attached hydrogens (tertiary/aromatic N) is 2. The second-order valence-electron chi connectivity index (χ2n) is 7.82. The Kier molecular flexibility index (Phi) is 6.99. The van der Waals surface area contributed by atoms with E-state index >= 15 is 0 Å². The quantitative estimate of drug-likeness (QED) is 0.288. The molecule has 1 heterocycles. The molecule has 0 spiro atoms. The Morgan fingerprint density at radius 1 is 0.848 bits per heavy atom. The molecule has 0 unspecified atom stereocenters. The lowest BCUT2D eigenvalue weighted by molar-refractivity contribution is -0.137. The van der Waals surface area contributed by atoms with Gasteiger partial charge < -0.3 is 9.84 Å². The Labute approximate surface area is 190 Å². The third-order valence-electron chi connectivity index (χ3n) is 5.41. The molecule has 1 aromatic heterocycles. The molecule has 0 radical (unpaired) electrons. The van der Waals surface area contributed by atoms with Gasteiger partial charge in [0.2, 0.25) is 0 Å². The Morgan fingerprint density at radius 3 is 2.39 bits per heavy atom. The van der Waals surface area contributed by atoms with Crippen LogP contribution in [0.2, 0.25) is 0 Å². The molecule has 0 saturated carbocycles. The highest BCUT2D eigenvalue weighted by Gasteiger charge is 2.31. The SMILES string of the molecule is OCCCCCCOc1ccc2nc(-c3ccccc3)n(-c3cccc(C(F)(F)F)c3)c2c1.